The summed E-state index contributed by atoms with van der Waals surface area (Å²) in [7, 11) is 1.71. The van der Waals surface area contributed by atoms with E-state index in [2.05, 4.69) is 38.3 Å². The first-order valence-electron chi connectivity index (χ1n) is 7.09. The Hall–Kier alpha value is -1.07. The minimum Gasteiger partial charge on any atom is -0.493 e. The first-order chi connectivity index (χ1) is 9.69. The standard InChI is InChI=1S/C15H19BrN2O2/c1-17-15(19)13-3-2-5-18(13)9-11-8-12(16)7-10-4-6-20-14(10)11/h7-8,13H,2-6,9H2,1H3,(H,17,19)/t13-/m1/s1. The Balaban J connectivity index is 1.83. The van der Waals surface area contributed by atoms with Gasteiger partial charge in [-0.1, -0.05) is 15.9 Å². The van der Waals surface area contributed by atoms with E-state index in [9.17, 15) is 4.79 Å². The Morgan fingerprint density at radius 3 is 3.20 bits per heavy atom. The van der Waals surface area contributed by atoms with E-state index in [0.29, 0.717) is 0 Å². The Kier molecular flexibility index (Phi) is 3.98. The number of benzene rings is 1. The Morgan fingerprint density at radius 1 is 1.55 bits per heavy atom. The van der Waals surface area contributed by atoms with Gasteiger partial charge in [-0.2, -0.15) is 0 Å². The SMILES string of the molecule is CNC(=O)[C@H]1CCCN1Cc1cc(Br)cc2c1OCC2. The second-order valence-electron chi connectivity index (χ2n) is 5.39. The summed E-state index contributed by atoms with van der Waals surface area (Å²) in [6, 6.07) is 4.24. The van der Waals surface area contributed by atoms with Crippen LogP contribution < -0.4 is 10.1 Å². The van der Waals surface area contributed by atoms with Crippen LogP contribution in [0.15, 0.2) is 16.6 Å². The molecule has 0 spiro atoms. The zero-order chi connectivity index (χ0) is 14.1. The molecule has 1 amide bonds. The number of nitrogens with one attached hydrogen (secondary N) is 1. The molecule has 0 aromatic heterocycles. The van der Waals surface area contributed by atoms with E-state index < -0.39 is 0 Å². The van der Waals surface area contributed by atoms with Crippen molar-refractivity contribution in [1.82, 2.24) is 10.2 Å². The first-order valence-corrected chi connectivity index (χ1v) is 7.88. The van der Waals surface area contributed by atoms with Gasteiger partial charge in [0.05, 0.1) is 12.6 Å². The van der Waals surface area contributed by atoms with Crippen molar-refractivity contribution < 1.29 is 9.53 Å². The summed E-state index contributed by atoms with van der Waals surface area (Å²) in [5.41, 5.74) is 2.45. The van der Waals surface area contributed by atoms with Crippen LogP contribution in [0.25, 0.3) is 0 Å². The third-order valence-corrected chi connectivity index (χ3v) is 4.57. The Labute approximate surface area is 127 Å². The molecule has 1 aromatic rings. The third kappa shape index (κ3) is 2.56. The highest BCUT2D eigenvalue weighted by molar-refractivity contribution is 9.10. The van der Waals surface area contributed by atoms with E-state index in [0.717, 1.165) is 49.2 Å². The van der Waals surface area contributed by atoms with Crippen LogP contribution in [0.5, 0.6) is 5.75 Å². The fraction of sp³-hybridized carbons (Fsp3) is 0.533. The number of fused-ring (bicyclic) bond motifs is 1. The van der Waals surface area contributed by atoms with Crippen LogP contribution in [0.1, 0.15) is 24.0 Å². The van der Waals surface area contributed by atoms with E-state index in [1.165, 1.54) is 11.1 Å². The third-order valence-electron chi connectivity index (χ3n) is 4.11. The van der Waals surface area contributed by atoms with E-state index in [1.54, 1.807) is 7.05 Å². The molecule has 2 heterocycles. The molecule has 1 atom stereocenters. The Bertz CT molecular complexity index is 533. The van der Waals surface area contributed by atoms with Crippen LogP contribution in [-0.2, 0) is 17.8 Å². The topological polar surface area (TPSA) is 41.6 Å². The fourth-order valence-corrected chi connectivity index (χ4v) is 3.71. The van der Waals surface area contributed by atoms with E-state index in [1.807, 2.05) is 0 Å². The fourth-order valence-electron chi connectivity index (χ4n) is 3.16. The van der Waals surface area contributed by atoms with Crippen molar-refractivity contribution in [2.75, 3.05) is 20.2 Å². The number of ether oxygens (including phenoxy) is 1. The molecule has 1 aromatic carbocycles. The van der Waals surface area contributed by atoms with Gasteiger partial charge in [0.25, 0.3) is 0 Å². The molecule has 1 fully saturated rings. The minimum absolute atomic E-state index is 0.00367. The number of nitrogens with zero attached hydrogens (tertiary/aromatic N) is 1. The summed E-state index contributed by atoms with van der Waals surface area (Å²) in [5.74, 6) is 1.14. The van der Waals surface area contributed by atoms with Crippen molar-refractivity contribution in [1.29, 1.82) is 0 Å². The monoisotopic (exact) mass is 338 g/mol. The zero-order valence-corrected chi connectivity index (χ0v) is 13.2. The highest BCUT2D eigenvalue weighted by Gasteiger charge is 2.31. The first kappa shape index (κ1) is 13.9. The number of halogens is 1. The maximum atomic E-state index is 11.9. The molecule has 3 rings (SSSR count). The van der Waals surface area contributed by atoms with Gasteiger partial charge in [0.1, 0.15) is 5.75 Å². The molecule has 1 saturated heterocycles. The molecule has 4 nitrogen and oxygen atoms in total. The van der Waals surface area contributed by atoms with Crippen LogP contribution in [0.3, 0.4) is 0 Å². The second kappa shape index (κ2) is 5.74. The molecule has 0 bridgehead atoms. The van der Waals surface area contributed by atoms with Gasteiger partial charge < -0.3 is 10.1 Å². The molecule has 0 aliphatic carbocycles. The lowest BCUT2D eigenvalue weighted by Crippen LogP contribution is -2.41. The zero-order valence-electron chi connectivity index (χ0n) is 11.6. The average molecular weight is 339 g/mol. The van der Waals surface area contributed by atoms with Crippen molar-refractivity contribution in [2.45, 2.75) is 31.8 Å². The maximum absolute atomic E-state index is 11.9. The lowest BCUT2D eigenvalue weighted by Gasteiger charge is -2.24. The van der Waals surface area contributed by atoms with Crippen LogP contribution in [-0.4, -0.2) is 37.0 Å². The summed E-state index contributed by atoms with van der Waals surface area (Å²) in [5, 5.41) is 2.77. The van der Waals surface area contributed by atoms with E-state index in [4.69, 9.17) is 4.74 Å². The minimum atomic E-state index is -0.00367. The van der Waals surface area contributed by atoms with Crippen molar-refractivity contribution in [2.24, 2.45) is 0 Å². The molecule has 5 heteroatoms. The van der Waals surface area contributed by atoms with E-state index in [-0.39, 0.29) is 11.9 Å². The smallest absolute Gasteiger partial charge is 0.237 e. The van der Waals surface area contributed by atoms with Gasteiger partial charge in [0, 0.05) is 30.0 Å². The van der Waals surface area contributed by atoms with Crippen LogP contribution in [0.4, 0.5) is 0 Å². The number of likely N-dealkylation sites (tertiary alicyclic amines) is 1. The van der Waals surface area contributed by atoms with Gasteiger partial charge in [0.15, 0.2) is 0 Å². The average Bonchev–Trinajstić information content (AvgIpc) is 3.06. The molecule has 0 radical (unpaired) electrons. The summed E-state index contributed by atoms with van der Waals surface area (Å²) < 4.78 is 6.86. The molecule has 20 heavy (non-hydrogen) atoms. The van der Waals surface area contributed by atoms with Crippen LogP contribution >= 0.6 is 15.9 Å². The predicted molar refractivity (Wildman–Crippen MR) is 80.8 cm³/mol. The van der Waals surface area contributed by atoms with E-state index >= 15 is 0 Å². The number of hydrogen-bond acceptors (Lipinski definition) is 3. The lowest BCUT2D eigenvalue weighted by molar-refractivity contribution is -0.125. The second-order valence-corrected chi connectivity index (χ2v) is 6.31. The van der Waals surface area contributed by atoms with Gasteiger partial charge in [-0.3, -0.25) is 9.69 Å². The molecule has 108 valence electrons. The van der Waals surface area contributed by atoms with Gasteiger partial charge in [-0.25, -0.2) is 0 Å². The van der Waals surface area contributed by atoms with Gasteiger partial charge in [-0.05, 0) is 37.1 Å². The normalized spacial score (nSPS) is 21.6. The van der Waals surface area contributed by atoms with Crippen LogP contribution in [0.2, 0.25) is 0 Å². The summed E-state index contributed by atoms with van der Waals surface area (Å²) >= 11 is 3.57. The molecular formula is C15H19BrN2O2. The quantitative estimate of drug-likeness (QED) is 0.917. The molecule has 2 aliphatic heterocycles. The Morgan fingerprint density at radius 2 is 2.40 bits per heavy atom. The van der Waals surface area contributed by atoms with Gasteiger partial charge >= 0.3 is 0 Å². The van der Waals surface area contributed by atoms with Crippen molar-refractivity contribution in [3.63, 3.8) is 0 Å². The molecule has 0 unspecified atom stereocenters. The largest absolute Gasteiger partial charge is 0.493 e. The highest BCUT2D eigenvalue weighted by Crippen LogP contribution is 2.34. The number of rotatable bonds is 3. The highest BCUT2D eigenvalue weighted by atomic mass is 79.9. The maximum Gasteiger partial charge on any atom is 0.237 e. The molecule has 1 N–H and O–H groups in total. The molecule has 0 saturated carbocycles. The number of amides is 1. The van der Waals surface area contributed by atoms with Crippen molar-refractivity contribution in [3.05, 3.63) is 27.7 Å². The summed E-state index contributed by atoms with van der Waals surface area (Å²) in [6.45, 7) is 2.51. The number of carbonyl (C=O) groups is 1. The molecular weight excluding hydrogens is 320 g/mol. The van der Waals surface area contributed by atoms with Gasteiger partial charge in [-0.15, -0.1) is 0 Å². The van der Waals surface area contributed by atoms with Crippen molar-refractivity contribution >= 4 is 21.8 Å². The summed E-state index contributed by atoms with van der Waals surface area (Å²) in [6.07, 6.45) is 2.99. The van der Waals surface area contributed by atoms with Gasteiger partial charge in [0.2, 0.25) is 5.91 Å². The van der Waals surface area contributed by atoms with Crippen LogP contribution in [0, 0.1) is 0 Å². The molecule has 2 aliphatic rings. The number of likely N-dealkylation sites (N-methyl/N-ethyl adjacent to an activating group) is 1. The summed E-state index contributed by atoms with van der Waals surface area (Å²) in [4.78, 5) is 14.2. The predicted octanol–water partition coefficient (Wildman–Crippen LogP) is 2.09. The number of hydrogen-bond donors (Lipinski definition) is 1. The lowest BCUT2D eigenvalue weighted by atomic mass is 10.1. The van der Waals surface area contributed by atoms with Crippen molar-refractivity contribution in [3.8, 4) is 5.75 Å². The number of carbonyl (C=O) groups excluding carboxylic acids is 1.